The van der Waals surface area contributed by atoms with E-state index < -0.39 is 11.7 Å². The molecule has 26 heavy (non-hydrogen) atoms. The molecule has 0 fully saturated rings. The fourth-order valence-electron chi connectivity index (χ4n) is 2.23. The highest BCUT2D eigenvalue weighted by Gasteiger charge is 2.29. The molecule has 0 saturated carbocycles. The minimum absolute atomic E-state index is 0.196. The van der Waals surface area contributed by atoms with Gasteiger partial charge in [-0.05, 0) is 35.2 Å². The van der Waals surface area contributed by atoms with Gasteiger partial charge in [-0.2, -0.15) is 13.2 Å². The highest BCUT2D eigenvalue weighted by Crippen LogP contribution is 2.29. The number of nitrogens with zero attached hydrogens (tertiary/aromatic N) is 1. The van der Waals surface area contributed by atoms with Crippen LogP contribution in [0.4, 0.5) is 13.2 Å². The summed E-state index contributed by atoms with van der Waals surface area (Å²) in [6.07, 6.45) is -1.50. The molecule has 0 aliphatic carbocycles. The van der Waals surface area contributed by atoms with Crippen LogP contribution >= 0.6 is 22.7 Å². The smallest absolute Gasteiger partial charge is 0.302 e. The largest absolute Gasteiger partial charge is 0.416 e. The number of hydrogen-bond donors (Lipinski definition) is 0. The molecular formula is C18H12F3NO2S2. The van der Waals surface area contributed by atoms with Crippen LogP contribution < -0.4 is 14.8 Å². The van der Waals surface area contributed by atoms with Gasteiger partial charge in [-0.3, -0.25) is 9.59 Å². The Kier molecular flexibility index (Phi) is 4.97. The lowest BCUT2D eigenvalue weighted by Crippen LogP contribution is -2.29. The lowest BCUT2D eigenvalue weighted by atomic mass is 10.1. The molecule has 3 aromatic rings. The van der Waals surface area contributed by atoms with Gasteiger partial charge in [-0.15, -0.1) is 22.7 Å². The van der Waals surface area contributed by atoms with E-state index in [0.717, 1.165) is 23.5 Å². The molecule has 0 saturated heterocycles. The first kappa shape index (κ1) is 18.3. The zero-order valence-electron chi connectivity index (χ0n) is 13.4. The fraction of sp³-hybridized carbons (Fsp3) is 0.111. The average Bonchev–Trinajstić information content (AvgIpc) is 3.20. The van der Waals surface area contributed by atoms with Crippen LogP contribution in [0.5, 0.6) is 0 Å². The second-order valence-corrected chi connectivity index (χ2v) is 7.43. The summed E-state index contributed by atoms with van der Waals surface area (Å²) in [7, 11) is 1.55. The number of thiazole rings is 1. The van der Waals surface area contributed by atoms with Gasteiger partial charge in [0.1, 0.15) is 4.66 Å². The Bertz CT molecular complexity index is 1110. The number of hydrogen-bond acceptors (Lipinski definition) is 4. The van der Waals surface area contributed by atoms with Gasteiger partial charge < -0.3 is 4.57 Å². The second-order valence-electron chi connectivity index (χ2n) is 5.42. The van der Waals surface area contributed by atoms with Gasteiger partial charge >= 0.3 is 6.18 Å². The number of benzene rings is 1. The topological polar surface area (TPSA) is 39.1 Å². The van der Waals surface area contributed by atoms with Crippen molar-refractivity contribution in [3.8, 4) is 0 Å². The maximum absolute atomic E-state index is 12.6. The third-order valence-electron chi connectivity index (χ3n) is 3.61. The molecule has 0 aliphatic rings. The number of carbonyl (C=O) groups excluding carboxylic acids is 1. The van der Waals surface area contributed by atoms with Crippen LogP contribution in [-0.4, -0.2) is 10.4 Å². The van der Waals surface area contributed by atoms with Crippen molar-refractivity contribution in [3.63, 3.8) is 0 Å². The number of rotatable bonds is 3. The molecule has 0 radical (unpaired) electrons. The summed E-state index contributed by atoms with van der Waals surface area (Å²) in [6.45, 7) is 0. The molecule has 3 rings (SSSR count). The Morgan fingerprint density at radius 2 is 1.85 bits per heavy atom. The molecule has 1 aromatic carbocycles. The highest BCUT2D eigenvalue weighted by molar-refractivity contribution is 7.12. The lowest BCUT2D eigenvalue weighted by molar-refractivity contribution is -0.137. The highest BCUT2D eigenvalue weighted by atomic mass is 32.1. The van der Waals surface area contributed by atoms with E-state index in [1.165, 1.54) is 40.2 Å². The van der Waals surface area contributed by atoms with Crippen molar-refractivity contribution < 1.29 is 18.0 Å². The second kappa shape index (κ2) is 7.05. The summed E-state index contributed by atoms with van der Waals surface area (Å²) < 4.78 is 40.0. The summed E-state index contributed by atoms with van der Waals surface area (Å²) in [5.41, 5.74) is -0.572. The van der Waals surface area contributed by atoms with Crippen molar-refractivity contribution in [3.05, 3.63) is 77.3 Å². The molecule has 0 bridgehead atoms. The number of Topliss-reactive ketones (excluding diaryl/α,β-unsaturated/α-hetero) is 1. The Morgan fingerprint density at radius 1 is 1.15 bits per heavy atom. The number of ketones is 1. The van der Waals surface area contributed by atoms with Gasteiger partial charge in [0.25, 0.3) is 5.56 Å². The zero-order valence-corrected chi connectivity index (χ0v) is 15.0. The molecule has 134 valence electrons. The van der Waals surface area contributed by atoms with Crippen LogP contribution in [0.25, 0.3) is 12.2 Å². The molecule has 8 heteroatoms. The van der Waals surface area contributed by atoms with Gasteiger partial charge in [0, 0.05) is 13.1 Å². The summed E-state index contributed by atoms with van der Waals surface area (Å²) in [5.74, 6) is -0.196. The van der Waals surface area contributed by atoms with Crippen LogP contribution in [0.3, 0.4) is 0 Å². The van der Waals surface area contributed by atoms with Crippen molar-refractivity contribution in [1.29, 1.82) is 0 Å². The SMILES string of the molecule is Cn1c(=O)/c(=C\c2ccc(C(F)(F)F)cc2)s/c1=C\C(=O)c1cccs1. The van der Waals surface area contributed by atoms with Crippen molar-refractivity contribution in [2.24, 2.45) is 7.05 Å². The first-order chi connectivity index (χ1) is 12.3. The van der Waals surface area contributed by atoms with Gasteiger partial charge in [-0.25, -0.2) is 0 Å². The molecule has 0 atom stereocenters. The monoisotopic (exact) mass is 395 g/mol. The number of halogens is 3. The predicted octanol–water partition coefficient (Wildman–Crippen LogP) is 3.02. The van der Waals surface area contributed by atoms with Crippen LogP contribution in [0, 0.1) is 0 Å². The molecule has 0 spiro atoms. The first-order valence-corrected chi connectivity index (χ1v) is 9.10. The van der Waals surface area contributed by atoms with Crippen LogP contribution in [0.1, 0.15) is 20.8 Å². The quantitative estimate of drug-likeness (QED) is 0.640. The fourth-order valence-corrected chi connectivity index (χ4v) is 3.90. The molecule has 3 nitrogen and oxygen atoms in total. The summed E-state index contributed by atoms with van der Waals surface area (Å²) in [5, 5.41) is 1.79. The number of thiophene rings is 1. The van der Waals surface area contributed by atoms with Gasteiger partial charge in [0.05, 0.1) is 15.0 Å². The van der Waals surface area contributed by atoms with Gasteiger partial charge in [0.2, 0.25) is 0 Å². The Balaban J connectivity index is 2.01. The molecule has 0 N–H and O–H groups in total. The summed E-state index contributed by atoms with van der Waals surface area (Å²) in [4.78, 5) is 25.1. The standard InChI is InChI=1S/C18H12F3NO2S2/c1-22-16(10-13(23)14-3-2-8-25-14)26-15(17(22)24)9-11-4-6-12(7-5-11)18(19,20)21/h2-10H,1H3/b15-9+,16-10-. The minimum Gasteiger partial charge on any atom is -0.302 e. The maximum atomic E-state index is 12.6. The Morgan fingerprint density at radius 3 is 2.42 bits per heavy atom. The van der Waals surface area contributed by atoms with Crippen molar-refractivity contribution in [2.45, 2.75) is 6.18 Å². The van der Waals surface area contributed by atoms with Gasteiger partial charge in [0.15, 0.2) is 5.78 Å². The normalized spacial score (nSPS) is 13.4. The number of alkyl halides is 3. The zero-order chi connectivity index (χ0) is 18.9. The minimum atomic E-state index is -4.40. The third-order valence-corrected chi connectivity index (χ3v) is 5.61. The Labute approximate surface area is 154 Å². The Hall–Kier alpha value is -2.45. The van der Waals surface area contributed by atoms with E-state index in [1.807, 2.05) is 0 Å². The van der Waals surface area contributed by atoms with Gasteiger partial charge in [-0.1, -0.05) is 18.2 Å². The molecule has 2 heterocycles. The van der Waals surface area contributed by atoms with E-state index >= 15 is 0 Å². The summed E-state index contributed by atoms with van der Waals surface area (Å²) >= 11 is 2.43. The number of aromatic nitrogens is 1. The van der Waals surface area contributed by atoms with Crippen LogP contribution in [-0.2, 0) is 13.2 Å². The summed E-state index contributed by atoms with van der Waals surface area (Å²) in [6, 6.07) is 8.02. The third kappa shape index (κ3) is 3.86. The van der Waals surface area contributed by atoms with Crippen molar-refractivity contribution in [1.82, 2.24) is 4.57 Å². The van der Waals surface area contributed by atoms with E-state index in [0.29, 0.717) is 19.6 Å². The molecule has 2 aromatic heterocycles. The van der Waals surface area contributed by atoms with Crippen LogP contribution in [0.15, 0.2) is 46.6 Å². The van der Waals surface area contributed by atoms with E-state index in [4.69, 9.17) is 0 Å². The molecule has 0 aliphatic heterocycles. The number of carbonyl (C=O) groups is 1. The molecule has 0 amide bonds. The molecular weight excluding hydrogens is 383 g/mol. The lowest BCUT2D eigenvalue weighted by Gasteiger charge is -2.05. The first-order valence-electron chi connectivity index (χ1n) is 7.40. The maximum Gasteiger partial charge on any atom is 0.416 e. The van der Waals surface area contributed by atoms with E-state index in [1.54, 1.807) is 24.6 Å². The predicted molar refractivity (Wildman–Crippen MR) is 96.9 cm³/mol. The van der Waals surface area contributed by atoms with E-state index in [9.17, 15) is 22.8 Å². The average molecular weight is 395 g/mol. The van der Waals surface area contributed by atoms with Crippen molar-refractivity contribution in [2.75, 3.05) is 0 Å². The van der Waals surface area contributed by atoms with Crippen LogP contribution in [0.2, 0.25) is 0 Å². The van der Waals surface area contributed by atoms with E-state index in [2.05, 4.69) is 0 Å². The van der Waals surface area contributed by atoms with Crippen molar-refractivity contribution >= 4 is 40.6 Å². The molecule has 0 unspecified atom stereocenters. The van der Waals surface area contributed by atoms with E-state index in [-0.39, 0.29) is 11.3 Å².